The molecule has 0 N–H and O–H groups in total. The van der Waals surface area contributed by atoms with Gasteiger partial charge in [0.05, 0.1) is 0 Å². The van der Waals surface area contributed by atoms with Crippen LogP contribution in [-0.2, 0) is 12.8 Å². The number of hydrogen-bond donors (Lipinski definition) is 0. The van der Waals surface area contributed by atoms with Crippen LogP contribution in [0.1, 0.15) is 46.5 Å². The van der Waals surface area contributed by atoms with Gasteiger partial charge in [0.15, 0.2) is 0 Å². The van der Waals surface area contributed by atoms with Gasteiger partial charge in [0.1, 0.15) is 11.3 Å². The molecule has 0 radical (unpaired) electrons. The van der Waals surface area contributed by atoms with Gasteiger partial charge in [-0.2, -0.15) is 0 Å². The van der Waals surface area contributed by atoms with Gasteiger partial charge in [-0.15, -0.1) is 0 Å². The molecule has 1 aromatic carbocycles. The van der Waals surface area contributed by atoms with Gasteiger partial charge in [0.25, 0.3) is 5.91 Å². The van der Waals surface area contributed by atoms with Crippen LogP contribution in [0.3, 0.4) is 0 Å². The van der Waals surface area contributed by atoms with E-state index in [1.807, 2.05) is 31.2 Å². The SMILES string of the molecule is Cc1cc(CCCc2ccccc2)oc(=O)c1C(=O)N1CCCC1. The Bertz CT molecular complexity index is 758. The molecular formula is C20H23NO3. The lowest BCUT2D eigenvalue weighted by molar-refractivity contribution is 0.0787. The van der Waals surface area contributed by atoms with Crippen molar-refractivity contribution < 1.29 is 9.21 Å². The van der Waals surface area contributed by atoms with E-state index in [0.29, 0.717) is 12.2 Å². The number of carbonyl (C=O) groups excluding carboxylic acids is 1. The zero-order valence-corrected chi connectivity index (χ0v) is 14.1. The van der Waals surface area contributed by atoms with Crippen LogP contribution in [0.5, 0.6) is 0 Å². The maximum Gasteiger partial charge on any atom is 0.349 e. The van der Waals surface area contributed by atoms with Crippen LogP contribution in [0.4, 0.5) is 0 Å². The van der Waals surface area contributed by atoms with Crippen molar-refractivity contribution in [1.29, 1.82) is 0 Å². The third-order valence-electron chi connectivity index (χ3n) is 4.54. The minimum atomic E-state index is -0.499. The summed E-state index contributed by atoms with van der Waals surface area (Å²) in [7, 11) is 0. The number of likely N-dealkylation sites (tertiary alicyclic amines) is 1. The van der Waals surface area contributed by atoms with E-state index >= 15 is 0 Å². The quantitative estimate of drug-likeness (QED) is 0.847. The molecule has 0 saturated carbocycles. The van der Waals surface area contributed by atoms with Gasteiger partial charge in [-0.05, 0) is 49.8 Å². The third kappa shape index (κ3) is 3.75. The third-order valence-corrected chi connectivity index (χ3v) is 4.54. The van der Waals surface area contributed by atoms with Crippen LogP contribution in [-0.4, -0.2) is 23.9 Å². The number of hydrogen-bond acceptors (Lipinski definition) is 3. The molecule has 2 aromatic rings. The summed E-state index contributed by atoms with van der Waals surface area (Å²) < 4.78 is 5.40. The first-order valence-corrected chi connectivity index (χ1v) is 8.62. The van der Waals surface area contributed by atoms with Crippen molar-refractivity contribution in [1.82, 2.24) is 4.90 Å². The summed E-state index contributed by atoms with van der Waals surface area (Å²) in [5.41, 5.74) is 1.69. The van der Waals surface area contributed by atoms with Crippen LogP contribution in [0.25, 0.3) is 0 Å². The monoisotopic (exact) mass is 325 g/mol. The number of aryl methyl sites for hydroxylation is 3. The summed E-state index contributed by atoms with van der Waals surface area (Å²) in [6.07, 6.45) is 4.56. The first-order valence-electron chi connectivity index (χ1n) is 8.62. The molecule has 4 heteroatoms. The Morgan fingerprint density at radius 2 is 1.83 bits per heavy atom. The van der Waals surface area contributed by atoms with Crippen LogP contribution < -0.4 is 5.63 Å². The Balaban J connectivity index is 1.68. The highest BCUT2D eigenvalue weighted by Crippen LogP contribution is 2.15. The summed E-state index contributed by atoms with van der Waals surface area (Å²) in [6.45, 7) is 3.29. The Morgan fingerprint density at radius 1 is 1.12 bits per heavy atom. The minimum absolute atomic E-state index is 0.186. The fourth-order valence-corrected chi connectivity index (χ4v) is 3.24. The van der Waals surface area contributed by atoms with Crippen molar-refractivity contribution in [3.63, 3.8) is 0 Å². The highest BCUT2D eigenvalue weighted by molar-refractivity contribution is 5.95. The fraction of sp³-hybridized carbons (Fsp3) is 0.400. The van der Waals surface area contributed by atoms with Gasteiger partial charge >= 0.3 is 5.63 Å². The average molecular weight is 325 g/mol. The first-order chi connectivity index (χ1) is 11.6. The standard InChI is InChI=1S/C20H23NO3/c1-15-14-17(11-7-10-16-8-3-2-4-9-16)24-20(23)18(15)19(22)21-12-5-6-13-21/h2-4,8-9,14H,5-7,10-13H2,1H3. The van der Waals surface area contributed by atoms with E-state index in [9.17, 15) is 9.59 Å². The van der Waals surface area contributed by atoms with E-state index in [2.05, 4.69) is 12.1 Å². The van der Waals surface area contributed by atoms with Crippen LogP contribution in [0, 0.1) is 6.92 Å². The number of carbonyl (C=O) groups is 1. The summed E-state index contributed by atoms with van der Waals surface area (Å²) in [6, 6.07) is 12.1. The van der Waals surface area contributed by atoms with E-state index < -0.39 is 5.63 Å². The summed E-state index contributed by atoms with van der Waals surface area (Å²) in [4.78, 5) is 26.5. The second-order valence-corrected chi connectivity index (χ2v) is 6.40. The Labute approximate surface area is 142 Å². The van der Waals surface area contributed by atoms with Gasteiger partial charge in [-0.1, -0.05) is 30.3 Å². The smallest absolute Gasteiger partial charge is 0.349 e. The lowest BCUT2D eigenvalue weighted by Gasteiger charge is -2.15. The van der Waals surface area contributed by atoms with Gasteiger partial charge in [0, 0.05) is 19.5 Å². The zero-order valence-electron chi connectivity index (χ0n) is 14.1. The Kier molecular flexibility index (Phi) is 5.14. The minimum Gasteiger partial charge on any atom is -0.427 e. The molecule has 0 bridgehead atoms. The molecule has 3 rings (SSSR count). The second-order valence-electron chi connectivity index (χ2n) is 6.40. The highest BCUT2D eigenvalue weighted by atomic mass is 16.4. The molecule has 1 amide bonds. The van der Waals surface area contributed by atoms with Crippen LogP contribution in [0.15, 0.2) is 45.6 Å². The summed E-state index contributed by atoms with van der Waals surface area (Å²) in [5, 5.41) is 0. The van der Waals surface area contributed by atoms with Crippen molar-refractivity contribution in [2.24, 2.45) is 0 Å². The van der Waals surface area contributed by atoms with Crippen LogP contribution >= 0.6 is 0 Å². The molecule has 1 saturated heterocycles. The topological polar surface area (TPSA) is 50.5 Å². The van der Waals surface area contributed by atoms with E-state index in [1.165, 1.54) is 5.56 Å². The molecule has 1 fully saturated rings. The molecule has 126 valence electrons. The predicted molar refractivity (Wildman–Crippen MR) is 93.3 cm³/mol. The average Bonchev–Trinajstić information content (AvgIpc) is 3.09. The van der Waals surface area contributed by atoms with Crippen LogP contribution in [0.2, 0.25) is 0 Å². The summed E-state index contributed by atoms with van der Waals surface area (Å²) in [5.74, 6) is 0.473. The van der Waals surface area contributed by atoms with E-state index in [1.54, 1.807) is 4.90 Å². The van der Waals surface area contributed by atoms with Crippen molar-refractivity contribution in [2.45, 2.75) is 39.0 Å². The normalized spacial score (nSPS) is 14.1. The number of nitrogens with zero attached hydrogens (tertiary/aromatic N) is 1. The van der Waals surface area contributed by atoms with Crippen molar-refractivity contribution >= 4 is 5.91 Å². The largest absolute Gasteiger partial charge is 0.427 e. The molecule has 0 atom stereocenters. The number of amides is 1. The number of rotatable bonds is 5. The molecular weight excluding hydrogens is 302 g/mol. The molecule has 2 heterocycles. The summed E-state index contributed by atoms with van der Waals surface area (Å²) >= 11 is 0. The van der Waals surface area contributed by atoms with E-state index in [0.717, 1.165) is 44.3 Å². The van der Waals surface area contributed by atoms with Gasteiger partial charge in [-0.3, -0.25) is 4.79 Å². The molecule has 24 heavy (non-hydrogen) atoms. The predicted octanol–water partition coefficient (Wildman–Crippen LogP) is 3.36. The fourth-order valence-electron chi connectivity index (χ4n) is 3.24. The van der Waals surface area contributed by atoms with Gasteiger partial charge in [0.2, 0.25) is 0 Å². The second kappa shape index (κ2) is 7.47. The first kappa shape index (κ1) is 16.5. The maximum atomic E-state index is 12.5. The molecule has 4 nitrogen and oxygen atoms in total. The van der Waals surface area contributed by atoms with E-state index in [-0.39, 0.29) is 11.5 Å². The van der Waals surface area contributed by atoms with Gasteiger partial charge in [-0.25, -0.2) is 4.79 Å². The Hall–Kier alpha value is -2.36. The zero-order chi connectivity index (χ0) is 16.9. The van der Waals surface area contributed by atoms with Crippen molar-refractivity contribution in [3.8, 4) is 0 Å². The molecule has 0 aliphatic carbocycles. The molecule has 1 aliphatic heterocycles. The maximum absolute atomic E-state index is 12.5. The lowest BCUT2D eigenvalue weighted by Crippen LogP contribution is -2.32. The van der Waals surface area contributed by atoms with Gasteiger partial charge < -0.3 is 9.32 Å². The molecule has 0 spiro atoms. The molecule has 0 unspecified atom stereocenters. The lowest BCUT2D eigenvalue weighted by atomic mass is 10.1. The number of benzene rings is 1. The molecule has 1 aliphatic rings. The van der Waals surface area contributed by atoms with Crippen molar-refractivity contribution in [2.75, 3.05) is 13.1 Å². The highest BCUT2D eigenvalue weighted by Gasteiger charge is 2.24. The molecule has 1 aromatic heterocycles. The van der Waals surface area contributed by atoms with Crippen molar-refractivity contribution in [3.05, 3.63) is 69.3 Å². The Morgan fingerprint density at radius 3 is 2.50 bits per heavy atom. The van der Waals surface area contributed by atoms with E-state index in [4.69, 9.17) is 4.42 Å².